The van der Waals surface area contributed by atoms with Gasteiger partial charge in [-0.05, 0) is 48.9 Å². The molecule has 118 valence electrons. The molecule has 5 nitrogen and oxygen atoms in total. The first-order chi connectivity index (χ1) is 11.0. The Morgan fingerprint density at radius 2 is 2.00 bits per heavy atom. The fourth-order valence-electron chi connectivity index (χ4n) is 2.67. The van der Waals surface area contributed by atoms with Gasteiger partial charge in [-0.25, -0.2) is 4.90 Å². The molecule has 0 saturated carbocycles. The monoisotopic (exact) mass is 330 g/mol. The molecule has 1 atom stereocenters. The van der Waals surface area contributed by atoms with Crippen molar-refractivity contribution < 1.29 is 14.7 Å². The number of hydrogen-bond acceptors (Lipinski definition) is 4. The van der Waals surface area contributed by atoms with E-state index in [1.54, 1.807) is 37.3 Å². The quantitative estimate of drug-likeness (QED) is 0.848. The predicted octanol–water partition coefficient (Wildman–Crippen LogP) is 3.10. The number of halogens is 1. The van der Waals surface area contributed by atoms with Crippen molar-refractivity contribution in [1.29, 1.82) is 0 Å². The second kappa shape index (κ2) is 5.93. The molecular weight excluding hydrogens is 316 g/mol. The zero-order chi connectivity index (χ0) is 16.6. The summed E-state index contributed by atoms with van der Waals surface area (Å²) >= 11 is 5.93. The third kappa shape index (κ3) is 3.00. The van der Waals surface area contributed by atoms with Crippen LogP contribution in [0.4, 0.5) is 11.4 Å². The number of benzene rings is 2. The third-order valence-electron chi connectivity index (χ3n) is 3.73. The number of amides is 2. The molecule has 0 bridgehead atoms. The highest BCUT2D eigenvalue weighted by Crippen LogP contribution is 2.30. The minimum atomic E-state index is -0.630. The van der Waals surface area contributed by atoms with Gasteiger partial charge in [0.25, 0.3) is 5.91 Å². The molecule has 3 rings (SSSR count). The van der Waals surface area contributed by atoms with Crippen molar-refractivity contribution in [2.45, 2.75) is 19.4 Å². The molecule has 23 heavy (non-hydrogen) atoms. The average molecular weight is 331 g/mol. The van der Waals surface area contributed by atoms with Gasteiger partial charge in [-0.2, -0.15) is 0 Å². The molecule has 1 aliphatic heterocycles. The summed E-state index contributed by atoms with van der Waals surface area (Å²) < 4.78 is 0. The highest BCUT2D eigenvalue weighted by atomic mass is 35.5. The SMILES string of the molecule is Cc1cc(O)ccc1N1C(=O)CC(Nc2cccc(Cl)c2)C1=O. The van der Waals surface area contributed by atoms with Crippen LogP contribution in [0.5, 0.6) is 5.75 Å². The van der Waals surface area contributed by atoms with Crippen LogP contribution in [-0.2, 0) is 9.59 Å². The van der Waals surface area contributed by atoms with Crippen molar-refractivity contribution in [1.82, 2.24) is 0 Å². The lowest BCUT2D eigenvalue weighted by molar-refractivity contribution is -0.121. The highest BCUT2D eigenvalue weighted by molar-refractivity contribution is 6.30. The smallest absolute Gasteiger partial charge is 0.256 e. The van der Waals surface area contributed by atoms with Crippen molar-refractivity contribution >= 4 is 34.8 Å². The second-order valence-corrected chi connectivity index (χ2v) is 5.89. The molecule has 2 amide bonds. The molecule has 0 aliphatic carbocycles. The lowest BCUT2D eigenvalue weighted by Crippen LogP contribution is -2.35. The Balaban J connectivity index is 1.85. The molecular formula is C17H15ClN2O3. The maximum atomic E-state index is 12.6. The minimum Gasteiger partial charge on any atom is -0.508 e. The summed E-state index contributed by atoms with van der Waals surface area (Å²) in [5.41, 5.74) is 1.84. The number of phenolic OH excluding ortho intramolecular Hbond substituents is 1. The van der Waals surface area contributed by atoms with E-state index in [0.717, 1.165) is 4.90 Å². The van der Waals surface area contributed by atoms with E-state index in [9.17, 15) is 14.7 Å². The van der Waals surface area contributed by atoms with Gasteiger partial charge >= 0.3 is 0 Å². The number of carbonyl (C=O) groups excluding carboxylic acids is 2. The zero-order valence-electron chi connectivity index (χ0n) is 12.4. The number of rotatable bonds is 3. The second-order valence-electron chi connectivity index (χ2n) is 5.45. The number of imide groups is 1. The molecule has 6 heteroatoms. The van der Waals surface area contributed by atoms with Crippen molar-refractivity contribution in [3.63, 3.8) is 0 Å². The Morgan fingerprint density at radius 3 is 2.70 bits per heavy atom. The molecule has 1 aliphatic rings. The van der Waals surface area contributed by atoms with Gasteiger partial charge in [0.15, 0.2) is 0 Å². The van der Waals surface area contributed by atoms with E-state index in [4.69, 9.17) is 11.6 Å². The van der Waals surface area contributed by atoms with E-state index in [1.165, 1.54) is 12.1 Å². The molecule has 1 fully saturated rings. The standard InChI is InChI=1S/C17H15ClN2O3/c1-10-7-13(21)5-6-15(10)20-16(22)9-14(17(20)23)19-12-4-2-3-11(18)8-12/h2-8,14,19,21H,9H2,1H3. The third-order valence-corrected chi connectivity index (χ3v) is 3.97. The molecule has 1 saturated heterocycles. The lowest BCUT2D eigenvalue weighted by Gasteiger charge is -2.18. The fraction of sp³-hybridized carbons (Fsp3) is 0.176. The molecule has 2 N–H and O–H groups in total. The molecule has 0 spiro atoms. The largest absolute Gasteiger partial charge is 0.508 e. The normalized spacial score (nSPS) is 17.7. The van der Waals surface area contributed by atoms with Crippen molar-refractivity contribution in [3.8, 4) is 5.75 Å². The maximum Gasteiger partial charge on any atom is 0.256 e. The van der Waals surface area contributed by atoms with E-state index >= 15 is 0 Å². The Labute approximate surface area is 138 Å². The number of aromatic hydroxyl groups is 1. The van der Waals surface area contributed by atoms with E-state index in [2.05, 4.69) is 5.32 Å². The summed E-state index contributed by atoms with van der Waals surface area (Å²) in [4.78, 5) is 26.0. The van der Waals surface area contributed by atoms with Crippen LogP contribution >= 0.6 is 11.6 Å². The van der Waals surface area contributed by atoms with Crippen LogP contribution in [0.15, 0.2) is 42.5 Å². The maximum absolute atomic E-state index is 12.6. The van der Waals surface area contributed by atoms with Crippen LogP contribution in [0.2, 0.25) is 5.02 Å². The van der Waals surface area contributed by atoms with Gasteiger partial charge in [0.2, 0.25) is 5.91 Å². The number of nitrogens with zero attached hydrogens (tertiary/aromatic N) is 1. The molecule has 2 aromatic carbocycles. The number of nitrogens with one attached hydrogen (secondary N) is 1. The number of hydrogen-bond donors (Lipinski definition) is 2. The van der Waals surface area contributed by atoms with Crippen molar-refractivity contribution in [3.05, 3.63) is 53.1 Å². The van der Waals surface area contributed by atoms with Crippen LogP contribution in [0.1, 0.15) is 12.0 Å². The molecule has 2 aromatic rings. The van der Waals surface area contributed by atoms with E-state index < -0.39 is 6.04 Å². The van der Waals surface area contributed by atoms with E-state index in [0.29, 0.717) is 22.0 Å². The predicted molar refractivity (Wildman–Crippen MR) is 88.8 cm³/mol. The zero-order valence-corrected chi connectivity index (χ0v) is 13.2. The van der Waals surface area contributed by atoms with Crippen LogP contribution in [-0.4, -0.2) is 23.0 Å². The van der Waals surface area contributed by atoms with Gasteiger partial charge in [-0.15, -0.1) is 0 Å². The van der Waals surface area contributed by atoms with Crippen LogP contribution in [0.25, 0.3) is 0 Å². The van der Waals surface area contributed by atoms with E-state index in [1.807, 2.05) is 0 Å². The van der Waals surface area contributed by atoms with Gasteiger partial charge in [-0.3, -0.25) is 9.59 Å². The number of carbonyl (C=O) groups is 2. The van der Waals surface area contributed by atoms with Crippen molar-refractivity contribution in [2.75, 3.05) is 10.2 Å². The van der Waals surface area contributed by atoms with E-state index in [-0.39, 0.29) is 24.0 Å². The van der Waals surface area contributed by atoms with Crippen LogP contribution in [0.3, 0.4) is 0 Å². The highest BCUT2D eigenvalue weighted by Gasteiger charge is 2.40. The topological polar surface area (TPSA) is 69.6 Å². The molecule has 0 radical (unpaired) electrons. The van der Waals surface area contributed by atoms with Gasteiger partial charge < -0.3 is 10.4 Å². The van der Waals surface area contributed by atoms with Crippen molar-refractivity contribution in [2.24, 2.45) is 0 Å². The Kier molecular flexibility index (Phi) is 3.96. The lowest BCUT2D eigenvalue weighted by atomic mass is 10.1. The summed E-state index contributed by atoms with van der Waals surface area (Å²) in [6, 6.07) is 10.9. The summed E-state index contributed by atoms with van der Waals surface area (Å²) in [7, 11) is 0. The first-order valence-corrected chi connectivity index (χ1v) is 7.52. The number of aryl methyl sites for hydroxylation is 1. The Hall–Kier alpha value is -2.53. The van der Waals surface area contributed by atoms with Gasteiger partial charge in [0.05, 0.1) is 12.1 Å². The first kappa shape index (κ1) is 15.4. The number of phenols is 1. The summed E-state index contributed by atoms with van der Waals surface area (Å²) in [5.74, 6) is -0.494. The summed E-state index contributed by atoms with van der Waals surface area (Å²) in [6.45, 7) is 1.74. The molecule has 1 unspecified atom stereocenters. The molecule has 0 aromatic heterocycles. The van der Waals surface area contributed by atoms with Gasteiger partial charge in [0, 0.05) is 10.7 Å². The first-order valence-electron chi connectivity index (χ1n) is 7.14. The Bertz CT molecular complexity index is 791. The van der Waals surface area contributed by atoms with Gasteiger partial charge in [0.1, 0.15) is 11.8 Å². The summed E-state index contributed by atoms with van der Waals surface area (Å²) in [6.07, 6.45) is 0.0751. The Morgan fingerprint density at radius 1 is 1.22 bits per heavy atom. The van der Waals surface area contributed by atoms with Crippen LogP contribution in [0, 0.1) is 6.92 Å². The molecule has 1 heterocycles. The minimum absolute atomic E-state index is 0.0751. The fourth-order valence-corrected chi connectivity index (χ4v) is 2.86. The van der Waals surface area contributed by atoms with Crippen LogP contribution < -0.4 is 10.2 Å². The average Bonchev–Trinajstić information content (AvgIpc) is 2.74. The van der Waals surface area contributed by atoms with Gasteiger partial charge in [-0.1, -0.05) is 17.7 Å². The summed E-state index contributed by atoms with van der Waals surface area (Å²) in [5, 5.41) is 13.1. The number of anilines is 2.